The van der Waals surface area contributed by atoms with Crippen LogP contribution in [0.4, 0.5) is 0 Å². The van der Waals surface area contributed by atoms with E-state index in [1.54, 1.807) is 25.5 Å². The number of methoxy groups -OCH3 is 1. The van der Waals surface area contributed by atoms with Crippen molar-refractivity contribution in [3.63, 3.8) is 0 Å². The second kappa shape index (κ2) is 8.20. The van der Waals surface area contributed by atoms with Crippen LogP contribution in [0.1, 0.15) is 49.6 Å². The Kier molecular flexibility index (Phi) is 6.13. The topological polar surface area (TPSA) is 60.2 Å². The second-order valence-corrected chi connectivity index (χ2v) is 8.45. The molecular formula is C20H30N4O2S. The normalized spacial score (nSPS) is 20.5. The molecule has 2 aromatic rings. The van der Waals surface area contributed by atoms with Crippen molar-refractivity contribution < 1.29 is 4.74 Å². The fourth-order valence-corrected chi connectivity index (χ4v) is 5.19. The number of hydrogen-bond acceptors (Lipinski definition) is 6. The predicted octanol–water partition coefficient (Wildman–Crippen LogP) is 3.30. The van der Waals surface area contributed by atoms with Crippen LogP contribution in [0.15, 0.2) is 10.2 Å². The Bertz CT molecular complexity index is 852. The zero-order valence-electron chi connectivity index (χ0n) is 17.0. The third-order valence-electron chi connectivity index (χ3n) is 5.71. The molecule has 3 rings (SSSR count). The van der Waals surface area contributed by atoms with Crippen molar-refractivity contribution >= 4 is 11.3 Å². The number of rotatable bonds is 7. The van der Waals surface area contributed by atoms with Crippen molar-refractivity contribution in [1.29, 1.82) is 0 Å². The minimum absolute atomic E-state index is 0.0834. The summed E-state index contributed by atoms with van der Waals surface area (Å²) in [5, 5.41) is 7.15. The van der Waals surface area contributed by atoms with E-state index >= 15 is 0 Å². The summed E-state index contributed by atoms with van der Waals surface area (Å²) in [7, 11) is 3.49. The Morgan fingerprint density at radius 3 is 2.85 bits per heavy atom. The Morgan fingerprint density at radius 2 is 2.15 bits per heavy atom. The lowest BCUT2D eigenvalue weighted by Crippen LogP contribution is -2.47. The minimum Gasteiger partial charge on any atom is -0.383 e. The highest BCUT2D eigenvalue weighted by molar-refractivity contribution is 7.13. The molecule has 148 valence electrons. The summed E-state index contributed by atoms with van der Waals surface area (Å²) in [6.45, 7) is 8.77. The van der Waals surface area contributed by atoms with Crippen molar-refractivity contribution in [2.75, 3.05) is 20.3 Å². The lowest BCUT2D eigenvalue weighted by molar-refractivity contribution is 0.0259. The lowest BCUT2D eigenvalue weighted by Gasteiger charge is -2.37. The Morgan fingerprint density at radius 1 is 1.37 bits per heavy atom. The lowest BCUT2D eigenvalue weighted by atomic mass is 9.91. The van der Waals surface area contributed by atoms with Crippen molar-refractivity contribution in [1.82, 2.24) is 19.7 Å². The highest BCUT2D eigenvalue weighted by atomic mass is 32.1. The van der Waals surface area contributed by atoms with Crippen LogP contribution in [0.3, 0.4) is 0 Å². The van der Waals surface area contributed by atoms with E-state index in [2.05, 4.69) is 22.3 Å². The zero-order chi connectivity index (χ0) is 19.6. The molecule has 2 aromatic heterocycles. The van der Waals surface area contributed by atoms with Crippen molar-refractivity contribution in [3.05, 3.63) is 32.7 Å². The van der Waals surface area contributed by atoms with Gasteiger partial charge in [-0.1, -0.05) is 13.3 Å². The number of thiazole rings is 1. The highest BCUT2D eigenvalue weighted by Crippen LogP contribution is 2.36. The number of nitrogens with zero attached hydrogens (tertiary/aromatic N) is 4. The minimum atomic E-state index is -0.0834. The molecule has 1 aliphatic rings. The fourth-order valence-electron chi connectivity index (χ4n) is 4.28. The fraction of sp³-hybridized carbons (Fsp3) is 0.650. The largest absolute Gasteiger partial charge is 0.383 e. The van der Waals surface area contributed by atoms with Gasteiger partial charge in [0.1, 0.15) is 5.01 Å². The van der Waals surface area contributed by atoms with E-state index in [0.717, 1.165) is 54.5 Å². The monoisotopic (exact) mass is 390 g/mol. The van der Waals surface area contributed by atoms with E-state index in [0.29, 0.717) is 5.56 Å². The van der Waals surface area contributed by atoms with Crippen LogP contribution in [0.25, 0.3) is 10.6 Å². The van der Waals surface area contributed by atoms with E-state index < -0.39 is 0 Å². The maximum Gasteiger partial charge on any atom is 0.277 e. The van der Waals surface area contributed by atoms with Gasteiger partial charge in [-0.05, 0) is 45.2 Å². The SMILES string of the molecule is CCCC1(COC)CCCN1Cc1csc(-c2c(C)c(C)nn(C)c2=O)n1. The molecule has 0 saturated carbocycles. The van der Waals surface area contributed by atoms with E-state index in [-0.39, 0.29) is 11.1 Å². The van der Waals surface area contributed by atoms with Gasteiger partial charge in [0.05, 0.1) is 23.6 Å². The number of aryl methyl sites for hydroxylation is 2. The van der Waals surface area contributed by atoms with Crippen LogP contribution >= 0.6 is 11.3 Å². The summed E-state index contributed by atoms with van der Waals surface area (Å²) in [4.78, 5) is 20.0. The first-order valence-electron chi connectivity index (χ1n) is 9.65. The molecule has 0 amide bonds. The van der Waals surface area contributed by atoms with Gasteiger partial charge in [0.15, 0.2) is 0 Å². The van der Waals surface area contributed by atoms with Gasteiger partial charge in [0.2, 0.25) is 0 Å². The molecule has 3 heterocycles. The molecule has 1 atom stereocenters. The van der Waals surface area contributed by atoms with Gasteiger partial charge < -0.3 is 4.74 Å². The number of aromatic nitrogens is 3. The van der Waals surface area contributed by atoms with Crippen LogP contribution in [0, 0.1) is 13.8 Å². The molecule has 6 nitrogen and oxygen atoms in total. The average Bonchev–Trinajstić information content (AvgIpc) is 3.23. The maximum atomic E-state index is 12.6. The molecule has 1 aliphatic heterocycles. The van der Waals surface area contributed by atoms with E-state index in [1.807, 2.05) is 13.8 Å². The van der Waals surface area contributed by atoms with E-state index in [9.17, 15) is 4.79 Å². The van der Waals surface area contributed by atoms with Crippen LogP contribution < -0.4 is 5.56 Å². The number of ether oxygens (including phenoxy) is 1. The maximum absolute atomic E-state index is 12.6. The van der Waals surface area contributed by atoms with Crippen LogP contribution in [0.5, 0.6) is 0 Å². The van der Waals surface area contributed by atoms with Gasteiger partial charge in [-0.3, -0.25) is 9.69 Å². The molecule has 1 unspecified atom stereocenters. The summed E-state index contributed by atoms with van der Waals surface area (Å²) >= 11 is 1.55. The summed E-state index contributed by atoms with van der Waals surface area (Å²) in [5.74, 6) is 0. The first-order chi connectivity index (χ1) is 12.9. The Labute approximate surface area is 165 Å². The Hall–Kier alpha value is -1.57. The quantitative estimate of drug-likeness (QED) is 0.726. The first kappa shape index (κ1) is 20.2. The molecular weight excluding hydrogens is 360 g/mol. The summed E-state index contributed by atoms with van der Waals surface area (Å²) in [5.41, 5.74) is 3.53. The van der Waals surface area contributed by atoms with Crippen LogP contribution in [-0.2, 0) is 18.3 Å². The standard InChI is InChI=1S/C20H30N4O2S/c1-6-8-20(13-26-5)9-7-10-24(20)11-16-12-27-18(21-16)17-14(2)15(3)22-23(4)19(17)25/h12H,6-11,13H2,1-5H3. The molecule has 0 aliphatic carbocycles. The smallest absolute Gasteiger partial charge is 0.277 e. The number of hydrogen-bond donors (Lipinski definition) is 0. The van der Waals surface area contributed by atoms with Crippen molar-refractivity contribution in [2.24, 2.45) is 7.05 Å². The second-order valence-electron chi connectivity index (χ2n) is 7.59. The van der Waals surface area contributed by atoms with Gasteiger partial charge in [0.25, 0.3) is 5.56 Å². The summed E-state index contributed by atoms with van der Waals surface area (Å²) in [6.07, 6.45) is 4.66. The summed E-state index contributed by atoms with van der Waals surface area (Å²) < 4.78 is 6.98. The van der Waals surface area contributed by atoms with Gasteiger partial charge >= 0.3 is 0 Å². The molecule has 0 radical (unpaired) electrons. The molecule has 0 N–H and O–H groups in total. The third kappa shape index (κ3) is 3.86. The molecule has 0 aromatic carbocycles. The highest BCUT2D eigenvalue weighted by Gasteiger charge is 2.40. The molecule has 0 spiro atoms. The number of likely N-dealkylation sites (tertiary alicyclic amines) is 1. The van der Waals surface area contributed by atoms with E-state index in [4.69, 9.17) is 9.72 Å². The zero-order valence-corrected chi connectivity index (χ0v) is 17.9. The molecule has 27 heavy (non-hydrogen) atoms. The molecule has 1 fully saturated rings. The summed E-state index contributed by atoms with van der Waals surface area (Å²) in [6, 6.07) is 0. The predicted molar refractivity (Wildman–Crippen MR) is 109 cm³/mol. The van der Waals surface area contributed by atoms with Gasteiger partial charge in [-0.25, -0.2) is 9.67 Å². The van der Waals surface area contributed by atoms with Gasteiger partial charge in [0, 0.05) is 31.6 Å². The Balaban J connectivity index is 1.88. The molecule has 1 saturated heterocycles. The van der Waals surface area contributed by atoms with Crippen LogP contribution in [0.2, 0.25) is 0 Å². The van der Waals surface area contributed by atoms with Crippen LogP contribution in [-0.4, -0.2) is 45.5 Å². The molecule has 0 bridgehead atoms. The van der Waals surface area contributed by atoms with Crippen molar-refractivity contribution in [3.8, 4) is 10.6 Å². The first-order valence-corrected chi connectivity index (χ1v) is 10.5. The molecule has 7 heteroatoms. The average molecular weight is 391 g/mol. The van der Waals surface area contributed by atoms with Gasteiger partial charge in [-0.2, -0.15) is 5.10 Å². The third-order valence-corrected chi connectivity index (χ3v) is 6.62. The van der Waals surface area contributed by atoms with Crippen molar-refractivity contribution in [2.45, 2.75) is 58.5 Å². The van der Waals surface area contributed by atoms with E-state index in [1.165, 1.54) is 17.5 Å². The van der Waals surface area contributed by atoms with Gasteiger partial charge in [-0.15, -0.1) is 11.3 Å².